The number of nitrogens with one attached hydrogen (secondary N) is 1. The third kappa shape index (κ3) is 4.82. The van der Waals surface area contributed by atoms with Crippen molar-refractivity contribution in [1.82, 2.24) is 20.2 Å². The molecule has 1 N–H and O–H groups in total. The van der Waals surface area contributed by atoms with Crippen molar-refractivity contribution in [3.8, 4) is 5.75 Å². The number of piperazine rings is 1. The van der Waals surface area contributed by atoms with Crippen LogP contribution in [0, 0.1) is 6.92 Å². The molecule has 1 aliphatic heterocycles. The van der Waals surface area contributed by atoms with Gasteiger partial charge in [-0.25, -0.2) is 14.8 Å². The molecule has 3 rings (SSSR count). The van der Waals surface area contributed by atoms with Crippen LogP contribution in [0.5, 0.6) is 5.75 Å². The van der Waals surface area contributed by atoms with Crippen LogP contribution in [0.3, 0.4) is 0 Å². The first-order chi connectivity index (χ1) is 12.2. The summed E-state index contributed by atoms with van der Waals surface area (Å²) in [5, 5.41) is 2.90. The van der Waals surface area contributed by atoms with Crippen LogP contribution in [0.15, 0.2) is 42.7 Å². The maximum absolute atomic E-state index is 12.2. The Labute approximate surface area is 147 Å². The van der Waals surface area contributed by atoms with Gasteiger partial charge < -0.3 is 19.9 Å². The Morgan fingerprint density at radius 2 is 1.80 bits per heavy atom. The summed E-state index contributed by atoms with van der Waals surface area (Å²) in [6.07, 6.45) is 3.46. The zero-order valence-electron chi connectivity index (χ0n) is 14.4. The van der Waals surface area contributed by atoms with E-state index in [9.17, 15) is 4.79 Å². The molecule has 0 bridgehead atoms. The summed E-state index contributed by atoms with van der Waals surface area (Å²) in [6, 6.07) is 9.62. The molecule has 0 spiro atoms. The van der Waals surface area contributed by atoms with Crippen molar-refractivity contribution in [2.75, 3.05) is 44.2 Å². The molecule has 132 valence electrons. The molecule has 7 heteroatoms. The fraction of sp³-hybridized carbons (Fsp3) is 0.389. The predicted molar refractivity (Wildman–Crippen MR) is 95.9 cm³/mol. The van der Waals surface area contributed by atoms with Crippen LogP contribution in [-0.2, 0) is 0 Å². The molecule has 0 unspecified atom stereocenters. The van der Waals surface area contributed by atoms with E-state index in [1.54, 1.807) is 18.5 Å². The van der Waals surface area contributed by atoms with Gasteiger partial charge in [-0.1, -0.05) is 17.7 Å². The average molecular weight is 341 g/mol. The van der Waals surface area contributed by atoms with Crippen molar-refractivity contribution < 1.29 is 9.53 Å². The summed E-state index contributed by atoms with van der Waals surface area (Å²) in [7, 11) is 0. The molecule has 0 saturated carbocycles. The molecule has 2 aromatic rings. The number of hydrogen-bond acceptors (Lipinski definition) is 5. The van der Waals surface area contributed by atoms with E-state index < -0.39 is 0 Å². The third-order valence-electron chi connectivity index (χ3n) is 4.07. The van der Waals surface area contributed by atoms with Crippen molar-refractivity contribution in [2.24, 2.45) is 0 Å². The molecule has 25 heavy (non-hydrogen) atoms. The van der Waals surface area contributed by atoms with E-state index >= 15 is 0 Å². The number of nitrogens with zero attached hydrogens (tertiary/aromatic N) is 4. The van der Waals surface area contributed by atoms with Gasteiger partial charge in [0.25, 0.3) is 0 Å². The van der Waals surface area contributed by atoms with Gasteiger partial charge in [0, 0.05) is 38.6 Å². The highest BCUT2D eigenvalue weighted by atomic mass is 16.5. The van der Waals surface area contributed by atoms with Gasteiger partial charge in [-0.05, 0) is 25.1 Å². The lowest BCUT2D eigenvalue weighted by molar-refractivity contribution is 0.191. The minimum Gasteiger partial charge on any atom is -0.492 e. The maximum atomic E-state index is 12.2. The standard InChI is InChI=1S/C18H23N5O2/c1-15-3-5-16(6-4-15)25-14-9-21-18(24)23-12-10-22(11-13-23)17-19-7-2-8-20-17/h2-8H,9-14H2,1H3,(H,21,24). The number of hydrogen-bond donors (Lipinski definition) is 1. The van der Waals surface area contributed by atoms with E-state index in [4.69, 9.17) is 4.74 Å². The zero-order chi connectivity index (χ0) is 17.5. The second kappa shape index (κ2) is 8.32. The molecular formula is C18H23N5O2. The second-order valence-corrected chi connectivity index (χ2v) is 5.92. The van der Waals surface area contributed by atoms with Gasteiger partial charge in [-0.15, -0.1) is 0 Å². The largest absolute Gasteiger partial charge is 0.492 e. The predicted octanol–water partition coefficient (Wildman–Crippen LogP) is 1.70. The smallest absolute Gasteiger partial charge is 0.317 e. The molecule has 7 nitrogen and oxygen atoms in total. The van der Waals surface area contributed by atoms with E-state index in [0.29, 0.717) is 32.2 Å². The fourth-order valence-corrected chi connectivity index (χ4v) is 2.64. The fourth-order valence-electron chi connectivity index (χ4n) is 2.64. The lowest BCUT2D eigenvalue weighted by Crippen LogP contribution is -2.52. The Kier molecular flexibility index (Phi) is 5.66. The summed E-state index contributed by atoms with van der Waals surface area (Å²) in [5.41, 5.74) is 1.20. The number of urea groups is 1. The van der Waals surface area contributed by atoms with Gasteiger partial charge in [0.05, 0.1) is 6.54 Å². The van der Waals surface area contributed by atoms with Gasteiger partial charge in [-0.2, -0.15) is 0 Å². The number of ether oxygens (including phenoxy) is 1. The SMILES string of the molecule is Cc1ccc(OCCNC(=O)N2CCN(c3ncccn3)CC2)cc1. The Bertz CT molecular complexity index is 670. The lowest BCUT2D eigenvalue weighted by atomic mass is 10.2. The van der Waals surface area contributed by atoms with E-state index in [0.717, 1.165) is 18.8 Å². The van der Waals surface area contributed by atoms with Crippen LogP contribution in [0.1, 0.15) is 5.56 Å². The van der Waals surface area contributed by atoms with Crippen LogP contribution < -0.4 is 15.0 Å². The highest BCUT2D eigenvalue weighted by Crippen LogP contribution is 2.11. The number of amides is 2. The van der Waals surface area contributed by atoms with Crippen LogP contribution in [0.4, 0.5) is 10.7 Å². The molecule has 1 aliphatic rings. The Balaban J connectivity index is 1.36. The minimum absolute atomic E-state index is 0.0545. The average Bonchev–Trinajstić information content (AvgIpc) is 2.67. The summed E-state index contributed by atoms with van der Waals surface area (Å²) in [5.74, 6) is 1.53. The van der Waals surface area contributed by atoms with Gasteiger partial charge in [0.1, 0.15) is 12.4 Å². The van der Waals surface area contributed by atoms with Crippen molar-refractivity contribution in [2.45, 2.75) is 6.92 Å². The van der Waals surface area contributed by atoms with Crippen molar-refractivity contribution in [3.63, 3.8) is 0 Å². The van der Waals surface area contributed by atoms with E-state index in [-0.39, 0.29) is 6.03 Å². The van der Waals surface area contributed by atoms with Gasteiger partial charge in [0.2, 0.25) is 5.95 Å². The summed E-state index contributed by atoms with van der Waals surface area (Å²) >= 11 is 0. The van der Waals surface area contributed by atoms with Crippen LogP contribution in [0.25, 0.3) is 0 Å². The Morgan fingerprint density at radius 1 is 1.12 bits per heavy atom. The van der Waals surface area contributed by atoms with Crippen LogP contribution in [-0.4, -0.2) is 60.2 Å². The molecule has 1 aromatic heterocycles. The van der Waals surface area contributed by atoms with Crippen molar-refractivity contribution in [1.29, 1.82) is 0 Å². The van der Waals surface area contributed by atoms with Crippen molar-refractivity contribution >= 4 is 12.0 Å². The zero-order valence-corrected chi connectivity index (χ0v) is 14.4. The van der Waals surface area contributed by atoms with Crippen LogP contribution >= 0.6 is 0 Å². The first-order valence-electron chi connectivity index (χ1n) is 8.46. The number of carbonyl (C=O) groups excluding carboxylic acids is 1. The Morgan fingerprint density at radius 3 is 2.48 bits per heavy atom. The summed E-state index contributed by atoms with van der Waals surface area (Å²) in [6.45, 7) is 5.75. The van der Waals surface area contributed by atoms with E-state index in [2.05, 4.69) is 20.2 Å². The Hall–Kier alpha value is -2.83. The molecule has 1 saturated heterocycles. The molecular weight excluding hydrogens is 318 g/mol. The normalized spacial score (nSPS) is 14.3. The molecule has 0 aliphatic carbocycles. The van der Waals surface area contributed by atoms with Crippen LogP contribution in [0.2, 0.25) is 0 Å². The quantitative estimate of drug-likeness (QED) is 0.838. The van der Waals surface area contributed by atoms with Gasteiger partial charge >= 0.3 is 6.03 Å². The number of benzene rings is 1. The number of anilines is 1. The molecule has 2 amide bonds. The maximum Gasteiger partial charge on any atom is 0.317 e. The first kappa shape index (κ1) is 17.0. The second-order valence-electron chi connectivity index (χ2n) is 5.92. The third-order valence-corrected chi connectivity index (χ3v) is 4.07. The molecule has 0 atom stereocenters. The summed E-state index contributed by atoms with van der Waals surface area (Å²) < 4.78 is 5.62. The van der Waals surface area contributed by atoms with Crippen molar-refractivity contribution in [3.05, 3.63) is 48.3 Å². The van der Waals surface area contributed by atoms with Gasteiger partial charge in [-0.3, -0.25) is 0 Å². The minimum atomic E-state index is -0.0545. The van der Waals surface area contributed by atoms with E-state index in [1.165, 1.54) is 5.56 Å². The topological polar surface area (TPSA) is 70.6 Å². The first-order valence-corrected chi connectivity index (χ1v) is 8.46. The number of aromatic nitrogens is 2. The number of rotatable bonds is 5. The molecule has 1 fully saturated rings. The monoisotopic (exact) mass is 341 g/mol. The van der Waals surface area contributed by atoms with Gasteiger partial charge in [0.15, 0.2) is 0 Å². The molecule has 1 aromatic carbocycles. The highest BCUT2D eigenvalue weighted by molar-refractivity contribution is 5.74. The molecule has 0 radical (unpaired) electrons. The highest BCUT2D eigenvalue weighted by Gasteiger charge is 2.22. The summed E-state index contributed by atoms with van der Waals surface area (Å²) in [4.78, 5) is 24.6. The number of aryl methyl sites for hydroxylation is 1. The number of carbonyl (C=O) groups is 1. The molecule has 2 heterocycles. The van der Waals surface area contributed by atoms with E-state index in [1.807, 2.05) is 36.1 Å². The lowest BCUT2D eigenvalue weighted by Gasteiger charge is -2.34.